The van der Waals surface area contributed by atoms with Crippen LogP contribution in [-0.2, 0) is 7.05 Å². The summed E-state index contributed by atoms with van der Waals surface area (Å²) >= 11 is 0. The number of nitrogens with zero attached hydrogens (tertiary/aromatic N) is 2. The van der Waals surface area contributed by atoms with Crippen molar-refractivity contribution in [3.8, 4) is 11.8 Å². The quantitative estimate of drug-likeness (QED) is 0.842. The molecule has 0 atom stereocenters. The summed E-state index contributed by atoms with van der Waals surface area (Å²) in [6, 6.07) is 5.70. The molecule has 0 saturated carbocycles. The highest BCUT2D eigenvalue weighted by Gasteiger charge is 2.10. The van der Waals surface area contributed by atoms with Gasteiger partial charge in [-0.05, 0) is 18.2 Å². The maximum atomic E-state index is 13.8. The Morgan fingerprint density at radius 1 is 1.48 bits per heavy atom. The molecule has 1 amide bonds. The van der Waals surface area contributed by atoms with Gasteiger partial charge in [-0.15, -0.1) is 0 Å². The van der Waals surface area contributed by atoms with E-state index in [1.165, 1.54) is 12.1 Å². The zero-order valence-electron chi connectivity index (χ0n) is 11.4. The van der Waals surface area contributed by atoms with Gasteiger partial charge in [0.05, 0.1) is 12.2 Å². The topological polar surface area (TPSA) is 67.2 Å². The Morgan fingerprint density at radius 2 is 2.29 bits per heavy atom. The van der Waals surface area contributed by atoms with Crippen LogP contribution in [0.25, 0.3) is 0 Å². The Labute approximate surface area is 121 Å². The van der Waals surface area contributed by atoms with Crippen LogP contribution < -0.4 is 5.32 Å². The van der Waals surface area contributed by atoms with Gasteiger partial charge in [0.1, 0.15) is 5.82 Å². The molecule has 108 valence electrons. The Balaban J connectivity index is 2.12. The minimum atomic E-state index is -0.575. The summed E-state index contributed by atoms with van der Waals surface area (Å²) in [5.74, 6) is 4.61. The number of aromatic nitrogens is 2. The lowest BCUT2D eigenvalue weighted by Gasteiger charge is -2.03. The molecule has 0 aliphatic rings. The second-order valence-electron chi connectivity index (χ2n) is 4.30. The third-order valence-electron chi connectivity index (χ3n) is 2.65. The fraction of sp³-hybridized carbons (Fsp3) is 0.200. The maximum absolute atomic E-state index is 13.8. The van der Waals surface area contributed by atoms with Crippen molar-refractivity contribution in [1.82, 2.24) is 9.78 Å². The number of hydrogen-bond donors (Lipinski definition) is 2. The molecule has 0 fully saturated rings. The molecule has 1 heterocycles. The van der Waals surface area contributed by atoms with Gasteiger partial charge in [0.2, 0.25) is 0 Å². The summed E-state index contributed by atoms with van der Waals surface area (Å²) in [7, 11) is 1.73. The predicted octanol–water partition coefficient (Wildman–Crippen LogP) is 1.55. The number of carbonyl (C=O) groups excluding carboxylic acids is 1. The molecule has 21 heavy (non-hydrogen) atoms. The maximum Gasteiger partial charge on any atom is 0.256 e. The second-order valence-corrected chi connectivity index (χ2v) is 4.30. The van der Waals surface area contributed by atoms with Crippen LogP contribution in [0.2, 0.25) is 0 Å². The van der Waals surface area contributed by atoms with Crippen molar-refractivity contribution in [3.05, 3.63) is 47.4 Å². The highest BCUT2D eigenvalue weighted by atomic mass is 19.1. The highest BCUT2D eigenvalue weighted by Crippen LogP contribution is 2.11. The number of nitrogens with one attached hydrogen (secondary N) is 1. The van der Waals surface area contributed by atoms with E-state index in [2.05, 4.69) is 22.3 Å². The van der Waals surface area contributed by atoms with Crippen molar-refractivity contribution in [1.29, 1.82) is 0 Å². The van der Waals surface area contributed by atoms with E-state index in [0.29, 0.717) is 5.82 Å². The third kappa shape index (κ3) is 3.91. The number of aliphatic hydroxyl groups is 1. The van der Waals surface area contributed by atoms with E-state index < -0.39 is 11.7 Å². The lowest BCUT2D eigenvalue weighted by molar-refractivity contribution is 0.102. The molecule has 0 radical (unpaired) electrons. The van der Waals surface area contributed by atoms with Gasteiger partial charge in [0, 0.05) is 31.3 Å². The Morgan fingerprint density at radius 3 is 2.90 bits per heavy atom. The molecule has 0 spiro atoms. The van der Waals surface area contributed by atoms with Gasteiger partial charge in [-0.2, -0.15) is 5.10 Å². The molecule has 2 rings (SSSR count). The zero-order valence-corrected chi connectivity index (χ0v) is 11.4. The summed E-state index contributed by atoms with van der Waals surface area (Å²) in [5, 5.41) is 15.2. The molecular weight excluding hydrogens is 273 g/mol. The van der Waals surface area contributed by atoms with Crippen molar-refractivity contribution in [3.63, 3.8) is 0 Å². The largest absolute Gasteiger partial charge is 0.395 e. The minimum Gasteiger partial charge on any atom is -0.395 e. The Bertz CT molecular complexity index is 713. The summed E-state index contributed by atoms with van der Waals surface area (Å²) in [6.07, 6.45) is 1.97. The van der Waals surface area contributed by atoms with Gasteiger partial charge in [-0.25, -0.2) is 4.39 Å². The van der Waals surface area contributed by atoms with Crippen molar-refractivity contribution in [2.24, 2.45) is 7.05 Å². The van der Waals surface area contributed by atoms with Gasteiger partial charge in [-0.1, -0.05) is 11.8 Å². The molecule has 0 aliphatic heterocycles. The zero-order chi connectivity index (χ0) is 15.2. The van der Waals surface area contributed by atoms with E-state index in [1.807, 2.05) is 0 Å². The number of rotatable bonds is 3. The lowest BCUT2D eigenvalue weighted by Crippen LogP contribution is -2.13. The fourth-order valence-corrected chi connectivity index (χ4v) is 1.64. The van der Waals surface area contributed by atoms with E-state index >= 15 is 0 Å². The number of anilines is 1. The smallest absolute Gasteiger partial charge is 0.256 e. The summed E-state index contributed by atoms with van der Waals surface area (Å²) in [5.41, 5.74) is 0.378. The van der Waals surface area contributed by atoms with E-state index in [9.17, 15) is 9.18 Å². The van der Waals surface area contributed by atoms with Crippen LogP contribution in [0, 0.1) is 17.7 Å². The number of halogens is 1. The normalized spacial score (nSPS) is 9.86. The average Bonchev–Trinajstić information content (AvgIpc) is 2.86. The molecule has 1 aromatic carbocycles. The van der Waals surface area contributed by atoms with Gasteiger partial charge < -0.3 is 10.4 Å². The first kappa shape index (κ1) is 14.8. The summed E-state index contributed by atoms with van der Waals surface area (Å²) < 4.78 is 15.4. The fourth-order valence-electron chi connectivity index (χ4n) is 1.64. The number of amides is 1. The molecule has 1 aromatic heterocycles. The standard InChI is InChI=1S/C15H14FN3O2/c1-19-8-7-14(18-19)17-15(21)12-6-5-11(13(16)10-12)4-2-3-9-20/h5-8,10,20H,3,9H2,1H3,(H,17,18,21). The van der Waals surface area contributed by atoms with Gasteiger partial charge in [0.15, 0.2) is 5.82 Å². The predicted molar refractivity (Wildman–Crippen MR) is 76.1 cm³/mol. The van der Waals surface area contributed by atoms with E-state index in [0.717, 1.165) is 6.07 Å². The lowest BCUT2D eigenvalue weighted by atomic mass is 10.1. The number of benzene rings is 1. The molecule has 6 heteroatoms. The molecule has 5 nitrogen and oxygen atoms in total. The second kappa shape index (κ2) is 6.68. The first-order valence-electron chi connectivity index (χ1n) is 6.30. The van der Waals surface area contributed by atoms with Crippen LogP contribution >= 0.6 is 0 Å². The van der Waals surface area contributed by atoms with Crippen LogP contribution in [0.5, 0.6) is 0 Å². The number of aryl methyl sites for hydroxylation is 1. The number of hydrogen-bond acceptors (Lipinski definition) is 3. The molecule has 2 N–H and O–H groups in total. The van der Waals surface area contributed by atoms with Crippen LogP contribution in [0.3, 0.4) is 0 Å². The molecule has 0 aliphatic carbocycles. The molecule has 0 unspecified atom stereocenters. The van der Waals surface area contributed by atoms with Gasteiger partial charge in [-0.3, -0.25) is 9.48 Å². The van der Waals surface area contributed by atoms with Crippen LogP contribution in [0.1, 0.15) is 22.3 Å². The molecule has 0 bridgehead atoms. The summed E-state index contributed by atoms with van der Waals surface area (Å²) in [6.45, 7) is -0.0703. The number of carbonyl (C=O) groups is 1. The van der Waals surface area contributed by atoms with E-state index in [-0.39, 0.29) is 24.2 Å². The van der Waals surface area contributed by atoms with Gasteiger partial charge >= 0.3 is 0 Å². The van der Waals surface area contributed by atoms with Crippen LogP contribution in [0.15, 0.2) is 30.5 Å². The van der Waals surface area contributed by atoms with E-state index in [4.69, 9.17) is 5.11 Å². The first-order valence-corrected chi connectivity index (χ1v) is 6.30. The van der Waals surface area contributed by atoms with Crippen molar-refractivity contribution in [2.75, 3.05) is 11.9 Å². The van der Waals surface area contributed by atoms with Crippen LogP contribution in [0.4, 0.5) is 10.2 Å². The number of aliphatic hydroxyl groups excluding tert-OH is 1. The summed E-state index contributed by atoms with van der Waals surface area (Å²) in [4.78, 5) is 12.0. The average molecular weight is 287 g/mol. The minimum absolute atomic E-state index is 0.0703. The van der Waals surface area contributed by atoms with Crippen molar-refractivity contribution < 1.29 is 14.3 Å². The van der Waals surface area contributed by atoms with Crippen molar-refractivity contribution in [2.45, 2.75) is 6.42 Å². The molecular formula is C15H14FN3O2. The third-order valence-corrected chi connectivity index (χ3v) is 2.65. The SMILES string of the molecule is Cn1ccc(NC(=O)c2ccc(C#CCCO)c(F)c2)n1. The Kier molecular flexibility index (Phi) is 4.69. The first-order chi connectivity index (χ1) is 10.1. The Hall–Kier alpha value is -2.65. The molecule has 0 saturated heterocycles. The van der Waals surface area contributed by atoms with Crippen LogP contribution in [-0.4, -0.2) is 27.4 Å². The monoisotopic (exact) mass is 287 g/mol. The van der Waals surface area contributed by atoms with Crippen molar-refractivity contribution >= 4 is 11.7 Å². The van der Waals surface area contributed by atoms with E-state index in [1.54, 1.807) is 24.0 Å². The molecule has 2 aromatic rings. The highest BCUT2D eigenvalue weighted by molar-refractivity contribution is 6.03. The van der Waals surface area contributed by atoms with Gasteiger partial charge in [0.25, 0.3) is 5.91 Å².